The molecular weight excluding hydrogens is 411 g/mol. The molecule has 2 aromatic rings. The molecule has 0 saturated carbocycles. The Morgan fingerprint density at radius 2 is 1.93 bits per heavy atom. The van der Waals surface area contributed by atoms with E-state index in [4.69, 9.17) is 39.1 Å². The number of hydrazone groups is 1. The van der Waals surface area contributed by atoms with Gasteiger partial charge in [0.1, 0.15) is 6.61 Å². The molecule has 0 N–H and O–H groups in total. The van der Waals surface area contributed by atoms with Crippen molar-refractivity contribution in [2.24, 2.45) is 5.10 Å². The van der Waals surface area contributed by atoms with Crippen LogP contribution >= 0.6 is 23.2 Å². The van der Waals surface area contributed by atoms with Crippen LogP contribution in [-0.2, 0) is 4.79 Å². The molecule has 0 spiro atoms. The van der Waals surface area contributed by atoms with Crippen molar-refractivity contribution in [3.63, 3.8) is 0 Å². The molecule has 3 rings (SSSR count). The molecule has 148 valence electrons. The second-order valence-corrected chi connectivity index (χ2v) is 6.91. The lowest BCUT2D eigenvalue weighted by Gasteiger charge is -2.13. The molecule has 0 aromatic heterocycles. The van der Waals surface area contributed by atoms with Crippen molar-refractivity contribution in [3.05, 3.63) is 57.6 Å². The summed E-state index contributed by atoms with van der Waals surface area (Å²) in [5.41, 5.74) is 2.37. The standard InChI is InChI=1S/C22H18Cl2N2O3/c1-4-10-29-20-9-6-15(12-21(20)28-5-2)11-17-14(3)25-26(22(17)27)16-7-8-18(23)19(24)13-16/h1,6-9,11-13H,5,10H2,2-3H3/b17-11-. The Morgan fingerprint density at radius 1 is 1.14 bits per heavy atom. The van der Waals surface area contributed by atoms with Crippen LogP contribution in [0.2, 0.25) is 10.0 Å². The molecule has 0 bridgehead atoms. The van der Waals surface area contributed by atoms with Crippen molar-refractivity contribution in [3.8, 4) is 23.8 Å². The first-order chi connectivity index (χ1) is 13.9. The highest BCUT2D eigenvalue weighted by Gasteiger charge is 2.29. The Bertz CT molecular complexity index is 1050. The van der Waals surface area contributed by atoms with Gasteiger partial charge < -0.3 is 9.47 Å². The second kappa shape index (κ2) is 9.04. The van der Waals surface area contributed by atoms with Crippen LogP contribution in [0.15, 0.2) is 47.1 Å². The van der Waals surface area contributed by atoms with Crippen LogP contribution in [0, 0.1) is 12.3 Å². The number of anilines is 1. The van der Waals surface area contributed by atoms with Gasteiger partial charge >= 0.3 is 0 Å². The summed E-state index contributed by atoms with van der Waals surface area (Å²) >= 11 is 12.0. The van der Waals surface area contributed by atoms with E-state index in [1.165, 1.54) is 5.01 Å². The van der Waals surface area contributed by atoms with E-state index < -0.39 is 0 Å². The van der Waals surface area contributed by atoms with Gasteiger partial charge in [0.25, 0.3) is 5.91 Å². The summed E-state index contributed by atoms with van der Waals surface area (Å²) < 4.78 is 11.1. The van der Waals surface area contributed by atoms with Crippen molar-refractivity contribution in [2.45, 2.75) is 13.8 Å². The molecule has 2 aromatic carbocycles. The molecule has 1 heterocycles. The molecular formula is C22H18Cl2N2O3. The first-order valence-electron chi connectivity index (χ1n) is 8.84. The molecule has 7 heteroatoms. The summed E-state index contributed by atoms with van der Waals surface area (Å²) in [7, 11) is 0. The van der Waals surface area contributed by atoms with E-state index in [1.807, 2.05) is 13.0 Å². The van der Waals surface area contributed by atoms with Crippen LogP contribution in [-0.4, -0.2) is 24.8 Å². The molecule has 0 atom stereocenters. The van der Waals surface area contributed by atoms with Gasteiger partial charge in [0.05, 0.1) is 33.6 Å². The van der Waals surface area contributed by atoms with Crippen molar-refractivity contribution >= 4 is 46.6 Å². The molecule has 0 aliphatic carbocycles. The van der Waals surface area contributed by atoms with Crippen LogP contribution in [0.5, 0.6) is 11.5 Å². The van der Waals surface area contributed by atoms with Crippen LogP contribution in [0.4, 0.5) is 5.69 Å². The van der Waals surface area contributed by atoms with Crippen LogP contribution in [0.3, 0.4) is 0 Å². The fraction of sp³-hybridized carbons (Fsp3) is 0.182. The smallest absolute Gasteiger partial charge is 0.280 e. The van der Waals surface area contributed by atoms with Crippen LogP contribution in [0.1, 0.15) is 19.4 Å². The minimum absolute atomic E-state index is 0.142. The van der Waals surface area contributed by atoms with Gasteiger partial charge in [-0.2, -0.15) is 10.1 Å². The average molecular weight is 429 g/mol. The Morgan fingerprint density at radius 3 is 2.62 bits per heavy atom. The minimum atomic E-state index is -0.258. The molecule has 0 unspecified atom stereocenters. The van der Waals surface area contributed by atoms with Crippen LogP contribution < -0.4 is 14.5 Å². The zero-order valence-corrected chi connectivity index (χ0v) is 17.4. The topological polar surface area (TPSA) is 51.1 Å². The second-order valence-electron chi connectivity index (χ2n) is 6.09. The molecule has 0 saturated heterocycles. The Balaban J connectivity index is 1.91. The maximum atomic E-state index is 12.9. The third kappa shape index (κ3) is 4.56. The summed E-state index contributed by atoms with van der Waals surface area (Å²) in [5, 5.41) is 6.42. The fourth-order valence-corrected chi connectivity index (χ4v) is 3.06. The molecule has 0 fully saturated rings. The van der Waals surface area contributed by atoms with Gasteiger partial charge in [0.15, 0.2) is 11.5 Å². The van der Waals surface area contributed by atoms with E-state index in [2.05, 4.69) is 11.0 Å². The predicted octanol–water partition coefficient (Wildman–Crippen LogP) is 5.21. The van der Waals surface area contributed by atoms with E-state index in [0.29, 0.717) is 45.1 Å². The van der Waals surface area contributed by atoms with Crippen LogP contribution in [0.25, 0.3) is 6.08 Å². The van der Waals surface area contributed by atoms with Gasteiger partial charge in [-0.15, -0.1) is 6.42 Å². The zero-order chi connectivity index (χ0) is 21.0. The number of benzene rings is 2. The first kappa shape index (κ1) is 20.8. The molecule has 1 amide bonds. The van der Waals surface area contributed by atoms with E-state index in [9.17, 15) is 4.79 Å². The quantitative estimate of drug-likeness (QED) is 0.468. The summed E-state index contributed by atoms with van der Waals surface area (Å²) in [6, 6.07) is 10.3. The number of hydrogen-bond acceptors (Lipinski definition) is 4. The van der Waals surface area contributed by atoms with Gasteiger partial charge in [-0.3, -0.25) is 4.79 Å². The number of ether oxygens (including phenoxy) is 2. The number of halogens is 2. The van der Waals surface area contributed by atoms with Gasteiger partial charge in [-0.1, -0.05) is 35.2 Å². The monoisotopic (exact) mass is 428 g/mol. The maximum Gasteiger partial charge on any atom is 0.280 e. The lowest BCUT2D eigenvalue weighted by atomic mass is 10.1. The van der Waals surface area contributed by atoms with Crippen molar-refractivity contribution in [1.29, 1.82) is 0 Å². The number of terminal acetylenes is 1. The van der Waals surface area contributed by atoms with Gasteiger partial charge in [0.2, 0.25) is 0 Å². The largest absolute Gasteiger partial charge is 0.490 e. The number of rotatable bonds is 6. The molecule has 0 radical (unpaired) electrons. The summed E-state index contributed by atoms with van der Waals surface area (Å²) in [6.07, 6.45) is 7.01. The van der Waals surface area contributed by atoms with Crippen molar-refractivity contribution in [1.82, 2.24) is 0 Å². The molecule has 29 heavy (non-hydrogen) atoms. The van der Waals surface area contributed by atoms with E-state index in [-0.39, 0.29) is 12.5 Å². The normalized spacial score (nSPS) is 14.7. The Hall–Kier alpha value is -2.94. The lowest BCUT2D eigenvalue weighted by Crippen LogP contribution is -2.21. The maximum absolute atomic E-state index is 12.9. The highest BCUT2D eigenvalue weighted by atomic mass is 35.5. The van der Waals surface area contributed by atoms with Crippen molar-refractivity contribution < 1.29 is 14.3 Å². The highest BCUT2D eigenvalue weighted by molar-refractivity contribution is 6.42. The van der Waals surface area contributed by atoms with Gasteiger partial charge in [0, 0.05) is 0 Å². The Labute approximate surface area is 179 Å². The SMILES string of the molecule is C#CCOc1ccc(/C=C2\C(=O)N(c3ccc(Cl)c(Cl)c3)N=C2C)cc1OCC. The first-order valence-corrected chi connectivity index (χ1v) is 9.60. The zero-order valence-electron chi connectivity index (χ0n) is 15.9. The summed E-state index contributed by atoms with van der Waals surface area (Å²) in [4.78, 5) is 12.9. The highest BCUT2D eigenvalue weighted by Crippen LogP contribution is 2.32. The van der Waals surface area contributed by atoms with E-state index in [1.54, 1.807) is 43.3 Å². The number of nitrogens with zero attached hydrogens (tertiary/aromatic N) is 2. The minimum Gasteiger partial charge on any atom is -0.490 e. The Kier molecular flexibility index (Phi) is 6.48. The molecule has 1 aliphatic rings. The predicted molar refractivity (Wildman–Crippen MR) is 117 cm³/mol. The number of carbonyl (C=O) groups excluding carboxylic acids is 1. The third-order valence-corrected chi connectivity index (χ3v) is 4.84. The number of hydrogen-bond donors (Lipinski definition) is 0. The summed E-state index contributed by atoms with van der Waals surface area (Å²) in [5.74, 6) is 3.27. The lowest BCUT2D eigenvalue weighted by molar-refractivity contribution is -0.114. The van der Waals surface area contributed by atoms with Gasteiger partial charge in [-0.05, 0) is 55.8 Å². The number of amides is 1. The van der Waals surface area contributed by atoms with E-state index in [0.717, 1.165) is 5.56 Å². The van der Waals surface area contributed by atoms with Crippen molar-refractivity contribution in [2.75, 3.05) is 18.2 Å². The molecule has 1 aliphatic heterocycles. The average Bonchev–Trinajstić information content (AvgIpc) is 2.98. The van der Waals surface area contributed by atoms with E-state index >= 15 is 0 Å². The fourth-order valence-electron chi connectivity index (χ4n) is 2.76. The molecule has 5 nitrogen and oxygen atoms in total. The van der Waals surface area contributed by atoms with Gasteiger partial charge in [-0.25, -0.2) is 0 Å². The third-order valence-electron chi connectivity index (χ3n) is 4.10. The summed E-state index contributed by atoms with van der Waals surface area (Å²) in [6.45, 7) is 4.26. The number of carbonyl (C=O) groups is 1.